The van der Waals surface area contributed by atoms with Crippen LogP contribution < -0.4 is 5.32 Å². The van der Waals surface area contributed by atoms with Gasteiger partial charge < -0.3 is 15.5 Å². The first kappa shape index (κ1) is 22.3. The Hall–Kier alpha value is -2.95. The lowest BCUT2D eigenvalue weighted by atomic mass is 9.89. The van der Waals surface area contributed by atoms with Gasteiger partial charge in [0.1, 0.15) is 0 Å². The molecule has 3 aromatic carbocycles. The highest BCUT2D eigenvalue weighted by Crippen LogP contribution is 2.32. The third-order valence-electron chi connectivity index (χ3n) is 6.47. The minimum absolute atomic E-state index is 0.126. The fourth-order valence-corrected chi connectivity index (χ4v) is 4.71. The molecule has 4 atom stereocenters. The van der Waals surface area contributed by atoms with Gasteiger partial charge in [-0.15, -0.1) is 0 Å². The van der Waals surface area contributed by atoms with Crippen molar-refractivity contribution in [3.05, 3.63) is 107 Å². The molecule has 4 heteroatoms. The Balaban J connectivity index is 1.50. The average molecular weight is 430 g/mol. The first-order chi connectivity index (χ1) is 15.5. The number of benzene rings is 3. The van der Waals surface area contributed by atoms with Gasteiger partial charge in [-0.2, -0.15) is 0 Å². The lowest BCUT2D eigenvalue weighted by Crippen LogP contribution is -2.39. The van der Waals surface area contributed by atoms with Crippen LogP contribution in [0.5, 0.6) is 0 Å². The Kier molecular flexibility index (Phi) is 7.03. The summed E-state index contributed by atoms with van der Waals surface area (Å²) in [4.78, 5) is 13.4. The second kappa shape index (κ2) is 10.1. The van der Waals surface area contributed by atoms with Crippen molar-refractivity contribution in [3.8, 4) is 0 Å². The maximum atomic E-state index is 13.4. The molecular formula is C28H31NO3. The van der Waals surface area contributed by atoms with Crippen molar-refractivity contribution >= 4 is 5.91 Å². The molecule has 0 aliphatic heterocycles. The van der Waals surface area contributed by atoms with E-state index in [1.165, 1.54) is 0 Å². The maximum Gasteiger partial charge on any atom is 0.224 e. The van der Waals surface area contributed by atoms with Gasteiger partial charge in [-0.05, 0) is 54.0 Å². The van der Waals surface area contributed by atoms with Crippen molar-refractivity contribution in [1.82, 2.24) is 5.32 Å². The summed E-state index contributed by atoms with van der Waals surface area (Å²) in [6.45, 7) is 2.04. The molecule has 1 aliphatic rings. The van der Waals surface area contributed by atoms with Crippen LogP contribution in [-0.2, 0) is 24.1 Å². The minimum atomic E-state index is -0.634. The summed E-state index contributed by atoms with van der Waals surface area (Å²) in [6, 6.07) is 25.4. The number of aliphatic hydroxyl groups excluding tert-OH is 2. The molecule has 1 aliphatic carbocycles. The topological polar surface area (TPSA) is 69.6 Å². The normalized spacial score (nSPS) is 19.2. The number of aliphatic hydroxyl groups is 2. The lowest BCUT2D eigenvalue weighted by molar-refractivity contribution is -0.127. The quantitative estimate of drug-likeness (QED) is 0.508. The van der Waals surface area contributed by atoms with Crippen molar-refractivity contribution in [2.45, 2.75) is 50.9 Å². The monoisotopic (exact) mass is 429 g/mol. The zero-order valence-corrected chi connectivity index (χ0v) is 18.4. The number of hydrogen-bond acceptors (Lipinski definition) is 3. The highest BCUT2D eigenvalue weighted by atomic mass is 16.3. The van der Waals surface area contributed by atoms with Crippen LogP contribution in [0.2, 0.25) is 0 Å². The molecule has 0 heterocycles. The van der Waals surface area contributed by atoms with Crippen molar-refractivity contribution in [1.29, 1.82) is 0 Å². The standard InChI is InChI=1S/C28H31NO3/c1-19-9-5-6-12-21(19)16-24(30)17-23(15-20-10-3-2-4-11-20)28(32)29-27-25-14-8-7-13-22(25)18-26(27)31/h2-14,23-24,26-27,30-31H,15-18H2,1H3,(H,29,32)/t23-,24-,26-,27-/m1/s1. The Labute approximate surface area is 189 Å². The van der Waals surface area contributed by atoms with Crippen LogP contribution in [0, 0.1) is 12.8 Å². The van der Waals surface area contributed by atoms with E-state index in [0.717, 1.165) is 27.8 Å². The molecule has 0 unspecified atom stereocenters. The summed E-state index contributed by atoms with van der Waals surface area (Å²) >= 11 is 0. The molecule has 0 bridgehead atoms. The summed E-state index contributed by atoms with van der Waals surface area (Å²) in [5, 5.41) is 24.5. The van der Waals surface area contributed by atoms with Gasteiger partial charge in [0.05, 0.1) is 18.2 Å². The third kappa shape index (κ3) is 5.26. The third-order valence-corrected chi connectivity index (χ3v) is 6.47. The average Bonchev–Trinajstić information content (AvgIpc) is 3.10. The molecule has 0 radical (unpaired) electrons. The number of fused-ring (bicyclic) bond motifs is 1. The van der Waals surface area contributed by atoms with Crippen LogP contribution in [0.3, 0.4) is 0 Å². The van der Waals surface area contributed by atoms with Gasteiger partial charge in [-0.1, -0.05) is 78.9 Å². The van der Waals surface area contributed by atoms with E-state index in [1.54, 1.807) is 0 Å². The molecule has 0 aromatic heterocycles. The fraction of sp³-hybridized carbons (Fsp3) is 0.321. The van der Waals surface area contributed by atoms with Gasteiger partial charge in [-0.25, -0.2) is 0 Å². The first-order valence-corrected chi connectivity index (χ1v) is 11.3. The van der Waals surface area contributed by atoms with Crippen LogP contribution in [0.4, 0.5) is 0 Å². The van der Waals surface area contributed by atoms with E-state index in [9.17, 15) is 15.0 Å². The molecule has 0 saturated heterocycles. The van der Waals surface area contributed by atoms with E-state index in [4.69, 9.17) is 0 Å². The van der Waals surface area contributed by atoms with E-state index in [0.29, 0.717) is 25.7 Å². The van der Waals surface area contributed by atoms with Crippen molar-refractivity contribution < 1.29 is 15.0 Å². The second-order valence-corrected chi connectivity index (χ2v) is 8.86. The number of nitrogens with one attached hydrogen (secondary N) is 1. The molecular weight excluding hydrogens is 398 g/mol. The summed E-state index contributed by atoms with van der Waals surface area (Å²) in [7, 11) is 0. The van der Waals surface area contributed by atoms with Gasteiger partial charge in [0, 0.05) is 12.3 Å². The highest BCUT2D eigenvalue weighted by Gasteiger charge is 2.34. The van der Waals surface area contributed by atoms with Gasteiger partial charge in [0.2, 0.25) is 5.91 Å². The van der Waals surface area contributed by atoms with Crippen molar-refractivity contribution in [3.63, 3.8) is 0 Å². The van der Waals surface area contributed by atoms with Crippen LogP contribution >= 0.6 is 0 Å². The largest absolute Gasteiger partial charge is 0.393 e. The zero-order chi connectivity index (χ0) is 22.5. The smallest absolute Gasteiger partial charge is 0.224 e. The second-order valence-electron chi connectivity index (χ2n) is 8.86. The summed E-state index contributed by atoms with van der Waals surface area (Å²) < 4.78 is 0. The highest BCUT2D eigenvalue weighted by molar-refractivity contribution is 5.79. The van der Waals surface area contributed by atoms with Crippen LogP contribution in [0.25, 0.3) is 0 Å². The Morgan fingerprint density at radius 2 is 1.66 bits per heavy atom. The number of carbonyl (C=O) groups is 1. The van der Waals surface area contributed by atoms with Gasteiger partial charge >= 0.3 is 0 Å². The molecule has 3 aromatic rings. The molecule has 3 N–H and O–H groups in total. The number of rotatable bonds is 8. The number of amides is 1. The van der Waals surface area contributed by atoms with Gasteiger partial charge in [-0.3, -0.25) is 4.79 Å². The Morgan fingerprint density at radius 1 is 0.969 bits per heavy atom. The van der Waals surface area contributed by atoms with Crippen molar-refractivity contribution in [2.75, 3.05) is 0 Å². The Bertz CT molecular complexity index is 1050. The van der Waals surface area contributed by atoms with Crippen LogP contribution in [-0.4, -0.2) is 28.3 Å². The number of aryl methyl sites for hydroxylation is 1. The number of carbonyl (C=O) groups excluding carboxylic acids is 1. The summed E-state index contributed by atoms with van der Waals surface area (Å²) in [6.07, 6.45) is 0.698. The molecule has 166 valence electrons. The van der Waals surface area contributed by atoms with Crippen LogP contribution in [0.15, 0.2) is 78.9 Å². The molecule has 4 rings (SSSR count). The fourth-order valence-electron chi connectivity index (χ4n) is 4.71. The molecule has 0 fully saturated rings. The first-order valence-electron chi connectivity index (χ1n) is 11.3. The minimum Gasteiger partial charge on any atom is -0.393 e. The van der Waals surface area contributed by atoms with E-state index in [1.807, 2.05) is 85.8 Å². The van der Waals surface area contributed by atoms with Gasteiger partial charge in [0.25, 0.3) is 0 Å². The van der Waals surface area contributed by atoms with Crippen molar-refractivity contribution in [2.24, 2.45) is 5.92 Å². The van der Waals surface area contributed by atoms with E-state index < -0.39 is 24.2 Å². The molecule has 32 heavy (non-hydrogen) atoms. The van der Waals surface area contributed by atoms with Crippen LogP contribution in [0.1, 0.15) is 40.3 Å². The van der Waals surface area contributed by atoms with E-state index >= 15 is 0 Å². The molecule has 0 saturated carbocycles. The predicted molar refractivity (Wildman–Crippen MR) is 126 cm³/mol. The Morgan fingerprint density at radius 3 is 2.44 bits per heavy atom. The zero-order valence-electron chi connectivity index (χ0n) is 18.4. The summed E-state index contributed by atoms with van der Waals surface area (Å²) in [5.74, 6) is -0.519. The van der Waals surface area contributed by atoms with Gasteiger partial charge in [0.15, 0.2) is 0 Å². The lowest BCUT2D eigenvalue weighted by Gasteiger charge is -2.24. The van der Waals surface area contributed by atoms with E-state index in [-0.39, 0.29) is 5.91 Å². The molecule has 1 amide bonds. The SMILES string of the molecule is Cc1ccccc1C[C@@H](O)C[C@@H](Cc1ccccc1)C(=O)N[C@@H]1c2ccccc2C[C@H]1O. The predicted octanol–water partition coefficient (Wildman–Crippen LogP) is 3.92. The van der Waals surface area contributed by atoms with E-state index in [2.05, 4.69) is 5.32 Å². The molecule has 4 nitrogen and oxygen atoms in total. The summed E-state index contributed by atoms with van der Waals surface area (Å²) in [5.41, 5.74) is 5.35. The number of hydrogen-bond donors (Lipinski definition) is 3. The molecule has 0 spiro atoms. The maximum absolute atomic E-state index is 13.4.